The Kier molecular flexibility index (Phi) is 5.92. The van der Waals surface area contributed by atoms with E-state index in [4.69, 9.17) is 12.2 Å². The van der Waals surface area contributed by atoms with Crippen molar-refractivity contribution in [2.75, 3.05) is 19.6 Å². The second-order valence-corrected chi connectivity index (χ2v) is 8.45. The third kappa shape index (κ3) is 4.85. The Balaban J connectivity index is 1.98. The molecule has 0 aromatic heterocycles. The highest BCUT2D eigenvalue weighted by atomic mass is 32.2. The first-order valence-electron chi connectivity index (χ1n) is 7.74. The van der Waals surface area contributed by atoms with E-state index in [1.807, 2.05) is 18.2 Å². The summed E-state index contributed by atoms with van der Waals surface area (Å²) in [6, 6.07) is 10.2. The van der Waals surface area contributed by atoms with Crippen LogP contribution in [-0.4, -0.2) is 51.0 Å². The van der Waals surface area contributed by atoms with Crippen LogP contribution >= 0.6 is 24.0 Å². The fourth-order valence-corrected chi connectivity index (χ4v) is 3.90. The molecule has 4 nitrogen and oxygen atoms in total. The molecule has 2 rings (SSSR count). The van der Waals surface area contributed by atoms with E-state index < -0.39 is 6.09 Å². The molecule has 1 atom stereocenters. The lowest BCUT2D eigenvalue weighted by molar-refractivity contribution is 0.0439. The number of hydrogen-bond donors (Lipinski definition) is 1. The van der Waals surface area contributed by atoms with Crippen LogP contribution in [0.4, 0.5) is 4.79 Å². The average molecular weight is 353 g/mol. The first kappa shape index (κ1) is 18.1. The predicted molar refractivity (Wildman–Crippen MR) is 99.9 cm³/mol. The lowest BCUT2D eigenvalue weighted by Crippen LogP contribution is -2.59. The number of piperazine rings is 1. The molecular formula is C17H24N2O2S2. The maximum absolute atomic E-state index is 11.5. The van der Waals surface area contributed by atoms with Gasteiger partial charge in [0, 0.05) is 25.4 Å². The molecule has 1 unspecified atom stereocenters. The zero-order valence-electron chi connectivity index (χ0n) is 13.9. The molecule has 1 aliphatic heterocycles. The van der Waals surface area contributed by atoms with Crippen LogP contribution in [0.5, 0.6) is 0 Å². The molecule has 1 heterocycles. The van der Waals surface area contributed by atoms with E-state index in [2.05, 4.69) is 37.8 Å². The molecule has 6 heteroatoms. The summed E-state index contributed by atoms with van der Waals surface area (Å²) in [6.45, 7) is 8.07. The van der Waals surface area contributed by atoms with Gasteiger partial charge in [-0.3, -0.25) is 0 Å². The van der Waals surface area contributed by atoms with Crippen LogP contribution < -0.4 is 0 Å². The van der Waals surface area contributed by atoms with Crippen molar-refractivity contribution >= 4 is 34.4 Å². The van der Waals surface area contributed by atoms with Gasteiger partial charge in [0.05, 0.1) is 6.04 Å². The lowest BCUT2D eigenvalue weighted by atomic mass is 9.84. The normalized spacial score (nSPS) is 18.8. The maximum atomic E-state index is 11.5. The number of hydrogen-bond acceptors (Lipinski definition) is 3. The molecule has 0 spiro atoms. The molecule has 1 saturated heterocycles. The number of rotatable bonds is 2. The highest BCUT2D eigenvalue weighted by Crippen LogP contribution is 2.29. The summed E-state index contributed by atoms with van der Waals surface area (Å²) in [7, 11) is 0. The molecule has 1 aromatic rings. The summed E-state index contributed by atoms with van der Waals surface area (Å²) in [4.78, 5) is 15.2. The smallest absolute Gasteiger partial charge is 0.407 e. The minimum absolute atomic E-state index is 0.0518. The van der Waals surface area contributed by atoms with Crippen LogP contribution in [0.25, 0.3) is 0 Å². The number of benzene rings is 1. The van der Waals surface area contributed by atoms with Crippen molar-refractivity contribution in [3.63, 3.8) is 0 Å². The molecule has 0 aliphatic carbocycles. The summed E-state index contributed by atoms with van der Waals surface area (Å²) in [6.07, 6.45) is -0.840. The second-order valence-electron chi connectivity index (χ2n) is 6.84. The van der Waals surface area contributed by atoms with Crippen molar-refractivity contribution in [2.24, 2.45) is 5.41 Å². The van der Waals surface area contributed by atoms with Crippen LogP contribution in [0.15, 0.2) is 30.3 Å². The average Bonchev–Trinajstić information content (AvgIpc) is 2.52. The van der Waals surface area contributed by atoms with Gasteiger partial charge in [-0.1, -0.05) is 75.1 Å². The van der Waals surface area contributed by atoms with Crippen molar-refractivity contribution in [1.82, 2.24) is 9.80 Å². The van der Waals surface area contributed by atoms with Gasteiger partial charge in [0.25, 0.3) is 0 Å². The molecule has 0 radical (unpaired) electrons. The second kappa shape index (κ2) is 7.53. The Bertz CT molecular complexity index is 557. The van der Waals surface area contributed by atoms with Gasteiger partial charge in [0.1, 0.15) is 4.32 Å². The molecular weight excluding hydrogens is 328 g/mol. The molecule has 1 aromatic carbocycles. The first-order chi connectivity index (χ1) is 10.8. The van der Waals surface area contributed by atoms with E-state index in [9.17, 15) is 9.90 Å². The van der Waals surface area contributed by atoms with E-state index in [1.165, 1.54) is 5.56 Å². The molecule has 1 N–H and O–H groups in total. The lowest BCUT2D eigenvalue weighted by Gasteiger charge is -2.46. The van der Waals surface area contributed by atoms with Crippen molar-refractivity contribution in [2.45, 2.75) is 32.6 Å². The summed E-state index contributed by atoms with van der Waals surface area (Å²) in [5.41, 5.74) is 1.13. The van der Waals surface area contributed by atoms with E-state index in [0.29, 0.717) is 19.6 Å². The molecule has 0 bridgehead atoms. The Morgan fingerprint density at radius 3 is 2.52 bits per heavy atom. The topological polar surface area (TPSA) is 43.8 Å². The van der Waals surface area contributed by atoms with Crippen LogP contribution in [0.2, 0.25) is 0 Å². The fraction of sp³-hybridized carbons (Fsp3) is 0.529. The molecule has 1 aliphatic rings. The van der Waals surface area contributed by atoms with Crippen LogP contribution in [0.3, 0.4) is 0 Å². The summed E-state index contributed by atoms with van der Waals surface area (Å²) >= 11 is 7.23. The van der Waals surface area contributed by atoms with Crippen molar-refractivity contribution in [3.8, 4) is 0 Å². The van der Waals surface area contributed by atoms with Gasteiger partial charge < -0.3 is 14.9 Å². The molecule has 23 heavy (non-hydrogen) atoms. The van der Waals surface area contributed by atoms with Crippen LogP contribution in [0, 0.1) is 5.41 Å². The number of nitrogens with zero attached hydrogens (tertiary/aromatic N) is 2. The summed E-state index contributed by atoms with van der Waals surface area (Å²) in [5.74, 6) is 0.846. The van der Waals surface area contributed by atoms with Gasteiger partial charge >= 0.3 is 6.09 Å². The predicted octanol–water partition coefficient (Wildman–Crippen LogP) is 3.92. The van der Waals surface area contributed by atoms with Gasteiger partial charge in [-0.15, -0.1) is 0 Å². The largest absolute Gasteiger partial charge is 0.465 e. The van der Waals surface area contributed by atoms with E-state index >= 15 is 0 Å². The molecule has 1 fully saturated rings. The Labute approximate surface area is 147 Å². The monoisotopic (exact) mass is 352 g/mol. The highest BCUT2D eigenvalue weighted by molar-refractivity contribution is 8.22. The maximum Gasteiger partial charge on any atom is 0.407 e. The van der Waals surface area contributed by atoms with Gasteiger partial charge in [-0.25, -0.2) is 4.79 Å². The highest BCUT2D eigenvalue weighted by Gasteiger charge is 2.38. The zero-order valence-corrected chi connectivity index (χ0v) is 15.5. The quantitative estimate of drug-likeness (QED) is 0.818. The van der Waals surface area contributed by atoms with E-state index in [-0.39, 0.29) is 11.5 Å². The van der Waals surface area contributed by atoms with Crippen LogP contribution in [-0.2, 0) is 5.75 Å². The van der Waals surface area contributed by atoms with Crippen molar-refractivity contribution in [1.29, 1.82) is 0 Å². The summed E-state index contributed by atoms with van der Waals surface area (Å²) in [5, 5.41) is 9.42. The standard InChI is InChI=1S/C17H24N2O2S2/c1-17(2,3)14-11-18(9-10-19(14)15(20)21)16(22)23-12-13-7-5-4-6-8-13/h4-8,14H,9-12H2,1-3H3,(H,20,21). The summed E-state index contributed by atoms with van der Waals surface area (Å²) < 4.78 is 0.855. The minimum atomic E-state index is -0.840. The third-order valence-corrected chi connectivity index (χ3v) is 5.68. The van der Waals surface area contributed by atoms with Gasteiger partial charge in [-0.05, 0) is 11.0 Å². The number of thiocarbonyl (C=S) groups is 1. The van der Waals surface area contributed by atoms with Crippen molar-refractivity contribution in [3.05, 3.63) is 35.9 Å². The van der Waals surface area contributed by atoms with E-state index in [0.717, 1.165) is 10.1 Å². The molecule has 0 saturated carbocycles. The number of carbonyl (C=O) groups is 1. The van der Waals surface area contributed by atoms with Crippen molar-refractivity contribution < 1.29 is 9.90 Å². The third-order valence-electron chi connectivity index (χ3n) is 4.09. The van der Waals surface area contributed by atoms with Gasteiger partial charge in [0.15, 0.2) is 0 Å². The van der Waals surface area contributed by atoms with Crippen LogP contribution in [0.1, 0.15) is 26.3 Å². The number of carboxylic acid groups (broad SMARTS) is 1. The van der Waals surface area contributed by atoms with Gasteiger partial charge in [-0.2, -0.15) is 0 Å². The van der Waals surface area contributed by atoms with E-state index in [1.54, 1.807) is 16.7 Å². The first-order valence-corrected chi connectivity index (χ1v) is 9.13. The fourth-order valence-electron chi connectivity index (χ4n) is 2.73. The molecule has 1 amide bonds. The number of thioether (sulfide) groups is 1. The Morgan fingerprint density at radius 2 is 1.96 bits per heavy atom. The SMILES string of the molecule is CC(C)(C)C1CN(C(=S)SCc2ccccc2)CCN1C(=O)O. The minimum Gasteiger partial charge on any atom is -0.465 e. The zero-order chi connectivity index (χ0) is 17.0. The molecule has 126 valence electrons. The van der Waals surface area contributed by atoms with Gasteiger partial charge in [0.2, 0.25) is 0 Å². The number of amides is 1. The Hall–Kier alpha value is -1.27. The Morgan fingerprint density at radius 1 is 1.30 bits per heavy atom.